The third kappa shape index (κ3) is 4.98. The van der Waals surface area contributed by atoms with Gasteiger partial charge < -0.3 is 4.74 Å². The summed E-state index contributed by atoms with van der Waals surface area (Å²) in [5, 5.41) is 0. The molecule has 7 heteroatoms. The molecule has 0 heterocycles. The van der Waals surface area contributed by atoms with Gasteiger partial charge in [0.05, 0.1) is 17.6 Å². The van der Waals surface area contributed by atoms with E-state index in [0.29, 0.717) is 17.5 Å². The molecule has 0 saturated heterocycles. The number of ether oxygens (including phenoxy) is 1. The molecule has 2 aromatic carbocycles. The van der Waals surface area contributed by atoms with Crippen molar-refractivity contribution in [3.8, 4) is 0 Å². The highest BCUT2D eigenvalue weighted by atomic mass is 32.2. The van der Waals surface area contributed by atoms with Gasteiger partial charge in [0.1, 0.15) is 0 Å². The zero-order chi connectivity index (χ0) is 18.4. The third-order valence-electron chi connectivity index (χ3n) is 3.65. The van der Waals surface area contributed by atoms with E-state index in [-0.39, 0.29) is 17.2 Å². The summed E-state index contributed by atoms with van der Waals surface area (Å²) in [6, 6.07) is 12.6. The Labute approximate surface area is 146 Å². The van der Waals surface area contributed by atoms with Gasteiger partial charge in [-0.3, -0.25) is 4.79 Å². The Morgan fingerprint density at radius 2 is 1.52 bits per heavy atom. The summed E-state index contributed by atoms with van der Waals surface area (Å²) >= 11 is 0. The topological polar surface area (TPSA) is 89.5 Å². The number of Topliss-reactive ketones (excluding diaryl/α,β-unsaturated/α-hetero) is 1. The number of nitrogens with one attached hydrogen (secondary N) is 1. The molecule has 0 unspecified atom stereocenters. The number of methoxy groups -OCH3 is 1. The van der Waals surface area contributed by atoms with E-state index in [0.717, 1.165) is 5.56 Å². The van der Waals surface area contributed by atoms with Gasteiger partial charge in [0.25, 0.3) is 0 Å². The van der Waals surface area contributed by atoms with Gasteiger partial charge in [0, 0.05) is 12.1 Å². The van der Waals surface area contributed by atoms with Crippen molar-refractivity contribution in [3.63, 3.8) is 0 Å². The van der Waals surface area contributed by atoms with Crippen LogP contribution < -0.4 is 4.72 Å². The maximum absolute atomic E-state index is 12.2. The van der Waals surface area contributed by atoms with Gasteiger partial charge in [-0.2, -0.15) is 0 Å². The summed E-state index contributed by atoms with van der Waals surface area (Å²) in [7, 11) is -2.32. The van der Waals surface area contributed by atoms with Crippen LogP contribution in [0.25, 0.3) is 0 Å². The van der Waals surface area contributed by atoms with Crippen LogP contribution in [0.15, 0.2) is 53.4 Å². The van der Waals surface area contributed by atoms with Crippen molar-refractivity contribution in [2.75, 3.05) is 13.7 Å². The highest BCUT2D eigenvalue weighted by Gasteiger charge is 2.14. The first-order valence-corrected chi connectivity index (χ1v) is 9.10. The summed E-state index contributed by atoms with van der Waals surface area (Å²) in [5.41, 5.74) is 1.80. The molecule has 2 aromatic rings. The average Bonchev–Trinajstić information content (AvgIpc) is 2.61. The van der Waals surface area contributed by atoms with Crippen LogP contribution in [0.5, 0.6) is 0 Å². The van der Waals surface area contributed by atoms with E-state index in [1.165, 1.54) is 38.3 Å². The summed E-state index contributed by atoms with van der Waals surface area (Å²) < 4.78 is 31.6. The lowest BCUT2D eigenvalue weighted by molar-refractivity contribution is 0.0600. The van der Waals surface area contributed by atoms with Gasteiger partial charge in [0.2, 0.25) is 10.0 Å². The van der Waals surface area contributed by atoms with Crippen LogP contribution in [0.3, 0.4) is 0 Å². The van der Waals surface area contributed by atoms with Crippen molar-refractivity contribution < 1.29 is 22.7 Å². The molecule has 0 aliphatic heterocycles. The summed E-state index contributed by atoms with van der Waals surface area (Å²) in [4.78, 5) is 22.7. The zero-order valence-corrected chi connectivity index (χ0v) is 14.8. The molecule has 0 radical (unpaired) electrons. The Hall–Kier alpha value is -2.51. The summed E-state index contributed by atoms with van der Waals surface area (Å²) in [6.07, 6.45) is 0.478. The number of benzene rings is 2. The molecule has 25 heavy (non-hydrogen) atoms. The number of ketones is 1. The standard InChI is InChI=1S/C18H19NO5S/c1-13(20)15-7-9-17(10-8-15)25(22,23)19-12-11-14-3-5-16(6-4-14)18(21)24-2/h3-10,19H,11-12H2,1-2H3. The smallest absolute Gasteiger partial charge is 0.337 e. The Balaban J connectivity index is 1.95. The third-order valence-corrected chi connectivity index (χ3v) is 5.13. The van der Waals surface area contributed by atoms with Gasteiger partial charge in [0.15, 0.2) is 5.78 Å². The molecule has 0 fully saturated rings. The number of hydrogen-bond donors (Lipinski definition) is 1. The van der Waals surface area contributed by atoms with Crippen molar-refractivity contribution >= 4 is 21.8 Å². The van der Waals surface area contributed by atoms with Gasteiger partial charge in [-0.1, -0.05) is 24.3 Å². The lowest BCUT2D eigenvalue weighted by Crippen LogP contribution is -2.26. The molecule has 0 bridgehead atoms. The van der Waals surface area contributed by atoms with Crippen LogP contribution in [0.4, 0.5) is 0 Å². The summed E-state index contributed by atoms with van der Waals surface area (Å²) in [6.45, 7) is 1.64. The van der Waals surface area contributed by atoms with Crippen LogP contribution >= 0.6 is 0 Å². The molecule has 0 aliphatic carbocycles. The maximum Gasteiger partial charge on any atom is 0.337 e. The Morgan fingerprint density at radius 1 is 0.960 bits per heavy atom. The number of sulfonamides is 1. The highest BCUT2D eigenvalue weighted by molar-refractivity contribution is 7.89. The predicted octanol–water partition coefficient (Wildman–Crippen LogP) is 2.20. The Kier molecular flexibility index (Phi) is 6.06. The summed E-state index contributed by atoms with van der Waals surface area (Å²) in [5.74, 6) is -0.534. The molecular weight excluding hydrogens is 342 g/mol. The molecule has 6 nitrogen and oxygen atoms in total. The second kappa shape index (κ2) is 8.04. The van der Waals surface area contributed by atoms with Crippen molar-refractivity contribution in [2.24, 2.45) is 0 Å². The van der Waals surface area contributed by atoms with Gasteiger partial charge in [-0.15, -0.1) is 0 Å². The van der Waals surface area contributed by atoms with E-state index < -0.39 is 16.0 Å². The molecule has 132 valence electrons. The molecule has 2 rings (SSSR count). The first-order chi connectivity index (χ1) is 11.8. The molecule has 0 amide bonds. The zero-order valence-electron chi connectivity index (χ0n) is 14.0. The van der Waals surface area contributed by atoms with Gasteiger partial charge in [-0.05, 0) is 43.2 Å². The highest BCUT2D eigenvalue weighted by Crippen LogP contribution is 2.11. The van der Waals surface area contributed by atoms with Crippen molar-refractivity contribution in [1.82, 2.24) is 4.72 Å². The maximum atomic E-state index is 12.2. The minimum absolute atomic E-state index is 0.110. The van der Waals surface area contributed by atoms with Crippen LogP contribution in [-0.4, -0.2) is 33.8 Å². The number of rotatable bonds is 7. The fraction of sp³-hybridized carbons (Fsp3) is 0.222. The van der Waals surface area contributed by atoms with Crippen LogP contribution in [0, 0.1) is 0 Å². The Bertz CT molecular complexity index is 855. The molecule has 0 aliphatic rings. The van der Waals surface area contributed by atoms with Gasteiger partial charge in [-0.25, -0.2) is 17.9 Å². The van der Waals surface area contributed by atoms with E-state index in [1.807, 2.05) is 0 Å². The van der Waals surface area contributed by atoms with E-state index in [9.17, 15) is 18.0 Å². The number of carbonyl (C=O) groups is 2. The van der Waals surface area contributed by atoms with Crippen LogP contribution in [0.2, 0.25) is 0 Å². The van der Waals surface area contributed by atoms with E-state index in [2.05, 4.69) is 9.46 Å². The molecular formula is C18H19NO5S. The van der Waals surface area contributed by atoms with Crippen molar-refractivity contribution in [3.05, 3.63) is 65.2 Å². The number of carbonyl (C=O) groups excluding carboxylic acids is 2. The van der Waals surface area contributed by atoms with E-state index >= 15 is 0 Å². The van der Waals surface area contributed by atoms with E-state index in [4.69, 9.17) is 0 Å². The molecule has 0 atom stereocenters. The lowest BCUT2D eigenvalue weighted by atomic mass is 10.1. The lowest BCUT2D eigenvalue weighted by Gasteiger charge is -2.08. The normalized spacial score (nSPS) is 11.1. The Morgan fingerprint density at radius 3 is 2.04 bits per heavy atom. The quantitative estimate of drug-likeness (QED) is 0.603. The van der Waals surface area contributed by atoms with E-state index in [1.54, 1.807) is 24.3 Å². The first-order valence-electron chi connectivity index (χ1n) is 7.61. The molecule has 1 N–H and O–H groups in total. The van der Waals surface area contributed by atoms with Crippen LogP contribution in [-0.2, 0) is 21.2 Å². The largest absolute Gasteiger partial charge is 0.465 e. The second-order valence-corrected chi connectivity index (χ2v) is 7.18. The van der Waals surface area contributed by atoms with Gasteiger partial charge >= 0.3 is 5.97 Å². The van der Waals surface area contributed by atoms with Crippen molar-refractivity contribution in [1.29, 1.82) is 0 Å². The molecule has 0 aromatic heterocycles. The monoisotopic (exact) mass is 361 g/mol. The predicted molar refractivity (Wildman–Crippen MR) is 93.1 cm³/mol. The second-order valence-electron chi connectivity index (χ2n) is 5.42. The van der Waals surface area contributed by atoms with Crippen LogP contribution in [0.1, 0.15) is 33.2 Å². The van der Waals surface area contributed by atoms with Crippen molar-refractivity contribution in [2.45, 2.75) is 18.2 Å². The minimum atomic E-state index is -3.63. The fourth-order valence-electron chi connectivity index (χ4n) is 2.21. The SMILES string of the molecule is COC(=O)c1ccc(CCNS(=O)(=O)c2ccc(C(C)=O)cc2)cc1. The minimum Gasteiger partial charge on any atom is -0.465 e. The number of esters is 1. The molecule has 0 saturated carbocycles. The number of hydrogen-bond acceptors (Lipinski definition) is 5. The first kappa shape index (κ1) is 18.8. The fourth-order valence-corrected chi connectivity index (χ4v) is 3.24. The molecule has 0 spiro atoms. The average molecular weight is 361 g/mol.